The van der Waals surface area contributed by atoms with E-state index < -0.39 is 5.97 Å². The van der Waals surface area contributed by atoms with Crippen LogP contribution in [0.2, 0.25) is 0 Å². The molecule has 0 saturated carbocycles. The molecule has 1 aromatic heterocycles. The van der Waals surface area contributed by atoms with E-state index in [9.17, 15) is 4.79 Å². The fourth-order valence-corrected chi connectivity index (χ4v) is 0.683. The number of aromatic nitrogens is 1. The smallest absolute Gasteiger partial charge is 0.343 e. The van der Waals surface area contributed by atoms with Crippen LogP contribution in [0.1, 0.15) is 16.1 Å². The number of nitrogens with zero attached hydrogens (tertiary/aromatic N) is 1. The van der Waals surface area contributed by atoms with E-state index in [1.807, 2.05) is 0 Å². The molecule has 0 atom stereocenters. The zero-order chi connectivity index (χ0) is 8.27. The van der Waals surface area contributed by atoms with Gasteiger partial charge in [0.25, 0.3) is 0 Å². The highest BCUT2D eigenvalue weighted by atomic mass is 35.5. The summed E-state index contributed by atoms with van der Waals surface area (Å²) in [6.45, 7) is 0.168. The van der Waals surface area contributed by atoms with E-state index in [-0.39, 0.29) is 24.5 Å². The number of carbonyl (C=O) groups excluding carboxylic acids is 1. The van der Waals surface area contributed by atoms with E-state index in [4.69, 9.17) is 5.73 Å². The van der Waals surface area contributed by atoms with Gasteiger partial charge in [-0.25, -0.2) is 4.79 Å². The first kappa shape index (κ1) is 10.9. The normalized spacial score (nSPS) is 8.83. The average molecular weight is 193 g/mol. The lowest BCUT2D eigenvalue weighted by Crippen LogP contribution is -2.07. The largest absolute Gasteiger partial charge is 0.465 e. The van der Waals surface area contributed by atoms with Gasteiger partial charge in [-0.3, -0.25) is 0 Å². The Bertz CT molecular complexity index is 261. The van der Waals surface area contributed by atoms with Gasteiger partial charge in [-0.2, -0.15) is 0 Å². The summed E-state index contributed by atoms with van der Waals surface area (Å²) in [5, 5.41) is 3.50. The summed E-state index contributed by atoms with van der Waals surface area (Å²) in [5.74, 6) is -0.480. The van der Waals surface area contributed by atoms with Gasteiger partial charge in [0, 0.05) is 6.54 Å². The van der Waals surface area contributed by atoms with E-state index >= 15 is 0 Å². The van der Waals surface area contributed by atoms with Crippen molar-refractivity contribution in [3.05, 3.63) is 17.5 Å². The molecule has 0 aliphatic rings. The minimum atomic E-state index is -0.480. The molecule has 1 aromatic rings. The zero-order valence-corrected chi connectivity index (χ0v) is 7.26. The Morgan fingerprint density at radius 2 is 2.50 bits per heavy atom. The van der Waals surface area contributed by atoms with E-state index in [2.05, 4.69) is 14.4 Å². The molecular weight excluding hydrogens is 184 g/mol. The molecule has 0 spiro atoms. The van der Waals surface area contributed by atoms with Gasteiger partial charge < -0.3 is 15.0 Å². The molecule has 0 saturated heterocycles. The van der Waals surface area contributed by atoms with Gasteiger partial charge in [0.05, 0.1) is 7.11 Å². The third-order valence-corrected chi connectivity index (χ3v) is 1.24. The quantitative estimate of drug-likeness (QED) is 0.684. The minimum absolute atomic E-state index is 0. The highest BCUT2D eigenvalue weighted by Crippen LogP contribution is 2.06. The molecule has 2 N–H and O–H groups in total. The molecule has 12 heavy (non-hydrogen) atoms. The summed E-state index contributed by atoms with van der Waals surface area (Å²) < 4.78 is 8.97. The topological polar surface area (TPSA) is 78.3 Å². The Hall–Kier alpha value is -1.07. The van der Waals surface area contributed by atoms with E-state index in [0.717, 1.165) is 0 Å². The number of ether oxygens (including phenoxy) is 1. The predicted molar refractivity (Wildman–Crippen MR) is 43.0 cm³/mol. The Balaban J connectivity index is 0.00000121. The van der Waals surface area contributed by atoms with E-state index in [0.29, 0.717) is 5.69 Å². The molecule has 5 nitrogen and oxygen atoms in total. The molecule has 0 aromatic carbocycles. The van der Waals surface area contributed by atoms with Crippen LogP contribution in [0, 0.1) is 0 Å². The molecule has 0 aliphatic heterocycles. The number of rotatable bonds is 2. The molecule has 68 valence electrons. The molecule has 0 bridgehead atoms. The summed E-state index contributed by atoms with van der Waals surface area (Å²) >= 11 is 0. The van der Waals surface area contributed by atoms with Crippen LogP contribution in [0.25, 0.3) is 0 Å². The lowest BCUT2D eigenvalue weighted by Gasteiger charge is -1.94. The van der Waals surface area contributed by atoms with Crippen molar-refractivity contribution in [3.8, 4) is 0 Å². The lowest BCUT2D eigenvalue weighted by atomic mass is 10.2. The van der Waals surface area contributed by atoms with Gasteiger partial charge >= 0.3 is 5.97 Å². The first-order valence-electron chi connectivity index (χ1n) is 3.01. The van der Waals surface area contributed by atoms with Crippen LogP contribution in [-0.2, 0) is 11.3 Å². The number of hydrogen-bond acceptors (Lipinski definition) is 5. The number of hydrogen-bond donors (Lipinski definition) is 1. The summed E-state index contributed by atoms with van der Waals surface area (Å²) in [6, 6.07) is 0. The lowest BCUT2D eigenvalue weighted by molar-refractivity contribution is 0.0599. The van der Waals surface area contributed by atoms with Crippen LogP contribution in [0.15, 0.2) is 10.8 Å². The molecular formula is C6H9ClN2O3. The summed E-state index contributed by atoms with van der Waals surface area (Å²) in [5.41, 5.74) is 5.96. The molecule has 0 amide bonds. The highest BCUT2D eigenvalue weighted by molar-refractivity contribution is 5.89. The SMILES string of the molecule is COC(=O)c1conc1CN.Cl. The van der Waals surface area contributed by atoms with Crippen LogP contribution in [-0.4, -0.2) is 18.2 Å². The number of carbonyl (C=O) groups is 1. The zero-order valence-electron chi connectivity index (χ0n) is 6.44. The van der Waals surface area contributed by atoms with Gasteiger partial charge in [-0.1, -0.05) is 5.16 Å². The fraction of sp³-hybridized carbons (Fsp3) is 0.333. The average Bonchev–Trinajstić information content (AvgIpc) is 2.50. The maximum absolute atomic E-state index is 10.9. The summed E-state index contributed by atoms with van der Waals surface area (Å²) in [4.78, 5) is 10.9. The van der Waals surface area contributed by atoms with Gasteiger partial charge in [0.2, 0.25) is 0 Å². The van der Waals surface area contributed by atoms with Crippen LogP contribution in [0.4, 0.5) is 0 Å². The number of methoxy groups -OCH3 is 1. The maximum Gasteiger partial charge on any atom is 0.343 e. The second-order valence-electron chi connectivity index (χ2n) is 1.87. The molecule has 0 aliphatic carbocycles. The Morgan fingerprint density at radius 3 is 3.00 bits per heavy atom. The Morgan fingerprint density at radius 1 is 1.83 bits per heavy atom. The van der Waals surface area contributed by atoms with Crippen LogP contribution < -0.4 is 5.73 Å². The predicted octanol–water partition coefficient (Wildman–Crippen LogP) is 0.342. The molecule has 6 heteroatoms. The minimum Gasteiger partial charge on any atom is -0.465 e. The van der Waals surface area contributed by atoms with Crippen LogP contribution in [0.5, 0.6) is 0 Å². The third-order valence-electron chi connectivity index (χ3n) is 1.24. The van der Waals surface area contributed by atoms with Gasteiger partial charge in [-0.15, -0.1) is 12.4 Å². The second kappa shape index (κ2) is 4.74. The summed E-state index contributed by atoms with van der Waals surface area (Å²) in [7, 11) is 1.29. The van der Waals surface area contributed by atoms with Crippen molar-refractivity contribution in [2.45, 2.75) is 6.54 Å². The van der Waals surface area contributed by atoms with Gasteiger partial charge in [0.1, 0.15) is 17.5 Å². The van der Waals surface area contributed by atoms with Crippen molar-refractivity contribution in [1.29, 1.82) is 0 Å². The first-order valence-corrected chi connectivity index (χ1v) is 3.01. The van der Waals surface area contributed by atoms with Gasteiger partial charge in [-0.05, 0) is 0 Å². The van der Waals surface area contributed by atoms with Crippen molar-refractivity contribution in [1.82, 2.24) is 5.16 Å². The standard InChI is InChI=1S/C6H8N2O3.ClH/c1-10-6(9)4-3-11-8-5(4)2-7;/h3H,2,7H2,1H3;1H. The molecule has 1 heterocycles. The first-order chi connectivity index (χ1) is 5.29. The van der Waals surface area contributed by atoms with Crippen molar-refractivity contribution in [2.75, 3.05) is 7.11 Å². The summed E-state index contributed by atoms with van der Waals surface area (Å²) in [6.07, 6.45) is 1.22. The molecule has 0 unspecified atom stereocenters. The number of esters is 1. The highest BCUT2D eigenvalue weighted by Gasteiger charge is 2.14. The molecule has 0 fully saturated rings. The van der Waals surface area contributed by atoms with Gasteiger partial charge in [0.15, 0.2) is 0 Å². The Kier molecular flexibility index (Phi) is 4.31. The fourth-order valence-electron chi connectivity index (χ4n) is 0.683. The monoisotopic (exact) mass is 192 g/mol. The van der Waals surface area contributed by atoms with E-state index in [1.54, 1.807) is 0 Å². The maximum atomic E-state index is 10.9. The van der Waals surface area contributed by atoms with Crippen molar-refractivity contribution in [3.63, 3.8) is 0 Å². The Labute approximate surface area is 75.3 Å². The van der Waals surface area contributed by atoms with Crippen molar-refractivity contribution < 1.29 is 14.1 Å². The van der Waals surface area contributed by atoms with E-state index in [1.165, 1.54) is 13.4 Å². The van der Waals surface area contributed by atoms with Crippen molar-refractivity contribution in [2.24, 2.45) is 5.73 Å². The number of halogens is 1. The van der Waals surface area contributed by atoms with Crippen LogP contribution in [0.3, 0.4) is 0 Å². The third kappa shape index (κ3) is 1.96. The van der Waals surface area contributed by atoms with Crippen molar-refractivity contribution >= 4 is 18.4 Å². The van der Waals surface area contributed by atoms with Crippen LogP contribution >= 0.6 is 12.4 Å². The molecule has 1 rings (SSSR count). The second-order valence-corrected chi connectivity index (χ2v) is 1.87. The molecule has 0 radical (unpaired) electrons. The number of nitrogens with two attached hydrogens (primary N) is 1.